The number of nitrogens with one attached hydrogen (secondary N) is 1. The first kappa shape index (κ1) is 21.6. The Bertz CT molecular complexity index is 899. The van der Waals surface area contributed by atoms with Crippen LogP contribution in [0.2, 0.25) is 0 Å². The molecule has 28 heavy (non-hydrogen) atoms. The number of hydrogen-bond acceptors (Lipinski definition) is 5. The monoisotopic (exact) mass is 406 g/mol. The molecule has 0 aliphatic heterocycles. The molecular formula is C20H26N2O5S. The van der Waals surface area contributed by atoms with Crippen molar-refractivity contribution in [2.24, 2.45) is 0 Å². The molecule has 0 bridgehead atoms. The molecule has 1 amide bonds. The van der Waals surface area contributed by atoms with E-state index in [1.807, 2.05) is 24.3 Å². The summed E-state index contributed by atoms with van der Waals surface area (Å²) < 4.78 is 36.1. The lowest BCUT2D eigenvalue weighted by Gasteiger charge is -2.24. The van der Waals surface area contributed by atoms with Crippen molar-refractivity contribution < 1.29 is 22.7 Å². The normalized spacial score (nSPS) is 11.0. The highest BCUT2D eigenvalue weighted by Crippen LogP contribution is 2.29. The van der Waals surface area contributed by atoms with Crippen LogP contribution in [0.4, 0.5) is 5.69 Å². The SMILES string of the molecule is COc1cccc(CNC(=O)CCCN(c2ccccc2OC)S(C)(=O)=O)c1. The van der Waals surface area contributed by atoms with Crippen LogP contribution in [0, 0.1) is 0 Å². The van der Waals surface area contributed by atoms with E-state index in [4.69, 9.17) is 9.47 Å². The van der Waals surface area contributed by atoms with E-state index >= 15 is 0 Å². The van der Waals surface area contributed by atoms with E-state index in [1.54, 1.807) is 31.4 Å². The Hall–Kier alpha value is -2.74. The topological polar surface area (TPSA) is 84.9 Å². The van der Waals surface area contributed by atoms with Gasteiger partial charge in [0.2, 0.25) is 15.9 Å². The highest BCUT2D eigenvalue weighted by Gasteiger charge is 2.20. The quantitative estimate of drug-likeness (QED) is 0.656. The van der Waals surface area contributed by atoms with Gasteiger partial charge in [-0.1, -0.05) is 24.3 Å². The van der Waals surface area contributed by atoms with Crippen molar-refractivity contribution in [1.29, 1.82) is 0 Å². The molecule has 0 aliphatic rings. The van der Waals surface area contributed by atoms with E-state index in [9.17, 15) is 13.2 Å². The minimum atomic E-state index is -3.50. The molecule has 2 aromatic carbocycles. The number of sulfonamides is 1. The molecule has 2 aromatic rings. The van der Waals surface area contributed by atoms with Crippen LogP contribution < -0.4 is 19.1 Å². The summed E-state index contributed by atoms with van der Waals surface area (Å²) in [7, 11) is -0.422. The van der Waals surface area contributed by atoms with Crippen LogP contribution in [-0.2, 0) is 21.4 Å². The Morgan fingerprint density at radius 3 is 2.50 bits per heavy atom. The second-order valence-corrected chi connectivity index (χ2v) is 8.15. The van der Waals surface area contributed by atoms with Gasteiger partial charge in [-0.25, -0.2) is 8.42 Å². The molecule has 0 radical (unpaired) electrons. The van der Waals surface area contributed by atoms with Gasteiger partial charge in [0, 0.05) is 19.5 Å². The molecule has 8 heteroatoms. The first-order valence-corrected chi connectivity index (χ1v) is 10.7. The minimum Gasteiger partial charge on any atom is -0.497 e. The highest BCUT2D eigenvalue weighted by molar-refractivity contribution is 7.92. The van der Waals surface area contributed by atoms with Gasteiger partial charge in [-0.2, -0.15) is 0 Å². The van der Waals surface area contributed by atoms with E-state index in [0.29, 0.717) is 24.4 Å². The number of nitrogens with zero attached hydrogens (tertiary/aromatic N) is 1. The Balaban J connectivity index is 1.92. The van der Waals surface area contributed by atoms with Crippen LogP contribution in [0.1, 0.15) is 18.4 Å². The van der Waals surface area contributed by atoms with Crippen LogP contribution in [0.15, 0.2) is 48.5 Å². The largest absolute Gasteiger partial charge is 0.497 e. The molecule has 0 unspecified atom stereocenters. The van der Waals surface area contributed by atoms with Gasteiger partial charge >= 0.3 is 0 Å². The number of carbonyl (C=O) groups is 1. The van der Waals surface area contributed by atoms with E-state index in [-0.39, 0.29) is 18.9 Å². The van der Waals surface area contributed by atoms with Crippen LogP contribution in [0.5, 0.6) is 11.5 Å². The van der Waals surface area contributed by atoms with Gasteiger partial charge in [0.25, 0.3) is 0 Å². The van der Waals surface area contributed by atoms with Crippen LogP contribution >= 0.6 is 0 Å². The number of carbonyl (C=O) groups excluding carboxylic acids is 1. The number of anilines is 1. The van der Waals surface area contributed by atoms with Crippen molar-refractivity contribution in [1.82, 2.24) is 5.32 Å². The van der Waals surface area contributed by atoms with E-state index in [0.717, 1.165) is 17.6 Å². The molecular weight excluding hydrogens is 380 g/mol. The predicted octanol–water partition coefficient (Wildman–Crippen LogP) is 2.57. The van der Waals surface area contributed by atoms with Gasteiger partial charge in [0.15, 0.2) is 0 Å². The summed E-state index contributed by atoms with van der Waals surface area (Å²) in [6.45, 7) is 0.574. The predicted molar refractivity (Wildman–Crippen MR) is 109 cm³/mol. The molecule has 152 valence electrons. The number of hydrogen-bond donors (Lipinski definition) is 1. The third kappa shape index (κ3) is 6.16. The molecule has 7 nitrogen and oxygen atoms in total. The lowest BCUT2D eigenvalue weighted by molar-refractivity contribution is -0.121. The van der Waals surface area contributed by atoms with Gasteiger partial charge in [-0.3, -0.25) is 9.10 Å². The maximum absolute atomic E-state index is 12.2. The first-order chi connectivity index (χ1) is 13.3. The van der Waals surface area contributed by atoms with Crippen molar-refractivity contribution in [3.8, 4) is 11.5 Å². The third-order valence-corrected chi connectivity index (χ3v) is 5.32. The Labute approximate surface area is 166 Å². The Kier molecular flexibility index (Phi) is 7.69. The number of ether oxygens (including phenoxy) is 2. The van der Waals surface area contributed by atoms with E-state index < -0.39 is 10.0 Å². The first-order valence-electron chi connectivity index (χ1n) is 8.85. The molecule has 0 aliphatic carbocycles. The zero-order chi connectivity index (χ0) is 20.6. The number of para-hydroxylation sites is 2. The van der Waals surface area contributed by atoms with Crippen molar-refractivity contribution in [3.63, 3.8) is 0 Å². The zero-order valence-electron chi connectivity index (χ0n) is 16.3. The molecule has 2 rings (SSSR count). The smallest absolute Gasteiger partial charge is 0.232 e. The molecule has 1 N–H and O–H groups in total. The number of methoxy groups -OCH3 is 2. The van der Waals surface area contributed by atoms with Gasteiger partial charge in [-0.15, -0.1) is 0 Å². The number of amides is 1. The Morgan fingerprint density at radius 2 is 1.82 bits per heavy atom. The molecule has 0 aromatic heterocycles. The second kappa shape index (κ2) is 9.98. The van der Waals surface area contributed by atoms with Gasteiger partial charge in [-0.05, 0) is 36.2 Å². The second-order valence-electron chi connectivity index (χ2n) is 6.24. The van der Waals surface area contributed by atoms with Crippen LogP contribution in [-0.4, -0.2) is 41.3 Å². The van der Waals surface area contributed by atoms with Crippen molar-refractivity contribution >= 4 is 21.6 Å². The molecule has 0 saturated carbocycles. The summed E-state index contributed by atoms with van der Waals surface area (Å²) in [6.07, 6.45) is 1.74. The number of benzene rings is 2. The lowest BCUT2D eigenvalue weighted by atomic mass is 10.2. The summed E-state index contributed by atoms with van der Waals surface area (Å²) in [5.74, 6) is 1.05. The average Bonchev–Trinajstić information content (AvgIpc) is 2.69. The zero-order valence-corrected chi connectivity index (χ0v) is 17.2. The summed E-state index contributed by atoms with van der Waals surface area (Å²) in [4.78, 5) is 12.1. The van der Waals surface area contributed by atoms with Crippen molar-refractivity contribution in [2.45, 2.75) is 19.4 Å². The van der Waals surface area contributed by atoms with Crippen LogP contribution in [0.25, 0.3) is 0 Å². The van der Waals surface area contributed by atoms with Gasteiger partial charge < -0.3 is 14.8 Å². The van der Waals surface area contributed by atoms with Gasteiger partial charge in [0.1, 0.15) is 11.5 Å². The minimum absolute atomic E-state index is 0.142. The number of rotatable bonds is 10. The molecule has 0 fully saturated rings. The summed E-state index contributed by atoms with van der Waals surface area (Å²) in [6, 6.07) is 14.4. The summed E-state index contributed by atoms with van der Waals surface area (Å²) in [5, 5.41) is 2.84. The maximum Gasteiger partial charge on any atom is 0.232 e. The van der Waals surface area contributed by atoms with Gasteiger partial charge in [0.05, 0.1) is 26.2 Å². The third-order valence-electron chi connectivity index (χ3n) is 4.14. The lowest BCUT2D eigenvalue weighted by Crippen LogP contribution is -2.32. The molecule has 0 saturated heterocycles. The fourth-order valence-corrected chi connectivity index (χ4v) is 3.72. The summed E-state index contributed by atoms with van der Waals surface area (Å²) >= 11 is 0. The fourth-order valence-electron chi connectivity index (χ4n) is 2.76. The van der Waals surface area contributed by atoms with Crippen molar-refractivity contribution in [2.75, 3.05) is 31.3 Å². The van der Waals surface area contributed by atoms with E-state index in [2.05, 4.69) is 5.32 Å². The fraction of sp³-hybridized carbons (Fsp3) is 0.350. The average molecular weight is 407 g/mol. The van der Waals surface area contributed by atoms with E-state index in [1.165, 1.54) is 11.4 Å². The highest BCUT2D eigenvalue weighted by atomic mass is 32.2. The summed E-state index contributed by atoms with van der Waals surface area (Å²) in [5.41, 5.74) is 1.39. The molecule has 0 spiro atoms. The maximum atomic E-state index is 12.2. The standard InChI is InChI=1S/C20H26N2O5S/c1-26-17-9-6-8-16(14-17)15-21-20(23)12-7-13-22(28(3,24)25)18-10-4-5-11-19(18)27-2/h4-6,8-11,14H,7,12-13,15H2,1-3H3,(H,21,23). The van der Waals surface area contributed by atoms with Crippen molar-refractivity contribution in [3.05, 3.63) is 54.1 Å². The molecule has 0 heterocycles. The van der Waals surface area contributed by atoms with Crippen LogP contribution in [0.3, 0.4) is 0 Å². The Morgan fingerprint density at radius 1 is 1.07 bits per heavy atom. The molecule has 0 atom stereocenters.